The number of carboxylic acid groups (broad SMARTS) is 1. The smallest absolute Gasteiger partial charge is 0.320 e. The van der Waals surface area contributed by atoms with E-state index in [0.29, 0.717) is 32.4 Å². The lowest BCUT2D eigenvalue weighted by atomic mass is 9.95. The molecule has 1 aliphatic rings. The lowest BCUT2D eigenvalue weighted by molar-refractivity contribution is -0.144. The van der Waals surface area contributed by atoms with E-state index < -0.39 is 12.0 Å². The molecule has 0 spiro atoms. The number of carboxylic acids is 1. The summed E-state index contributed by atoms with van der Waals surface area (Å²) in [6.45, 7) is 5.59. The van der Waals surface area contributed by atoms with Crippen molar-refractivity contribution in [2.75, 3.05) is 19.8 Å². The summed E-state index contributed by atoms with van der Waals surface area (Å²) >= 11 is 0. The zero-order valence-corrected chi connectivity index (χ0v) is 22.5. The average Bonchev–Trinajstić information content (AvgIpc) is 2.93. The number of likely N-dealkylation sites (tertiary alicyclic amines) is 1. The van der Waals surface area contributed by atoms with Crippen molar-refractivity contribution in [3.05, 3.63) is 88.5 Å². The summed E-state index contributed by atoms with van der Waals surface area (Å²) in [4.78, 5) is 13.9. The summed E-state index contributed by atoms with van der Waals surface area (Å²) in [7, 11) is 0. The summed E-state index contributed by atoms with van der Waals surface area (Å²) in [5, 5.41) is 9.73. The van der Waals surface area contributed by atoms with Gasteiger partial charge in [-0.25, -0.2) is 0 Å². The summed E-state index contributed by atoms with van der Waals surface area (Å²) in [5.41, 5.74) is 7.92. The van der Waals surface area contributed by atoms with Gasteiger partial charge in [-0.3, -0.25) is 14.1 Å². The van der Waals surface area contributed by atoms with Crippen LogP contribution in [0, 0.1) is 13.8 Å². The van der Waals surface area contributed by atoms with Crippen molar-refractivity contribution in [1.29, 1.82) is 0 Å². The molecule has 1 fully saturated rings. The van der Waals surface area contributed by atoms with Crippen molar-refractivity contribution in [3.8, 4) is 16.9 Å². The fourth-order valence-electron chi connectivity index (χ4n) is 5.20. The third-order valence-electron chi connectivity index (χ3n) is 7.41. The van der Waals surface area contributed by atoms with Crippen LogP contribution in [0.3, 0.4) is 0 Å². The molecule has 0 amide bonds. The number of unbranched alkanes of at least 4 members (excludes halogenated alkanes) is 1. The zero-order chi connectivity index (χ0) is 26.9. The monoisotopic (exact) mass is 515 g/mol. The summed E-state index contributed by atoms with van der Waals surface area (Å²) < 4.78 is 18.8. The summed E-state index contributed by atoms with van der Waals surface area (Å²) in [6.07, 6.45) is 7.97. The average molecular weight is 516 g/mol. The van der Waals surface area contributed by atoms with Crippen LogP contribution in [0.2, 0.25) is 0 Å². The molecule has 4 nitrogen and oxygen atoms in total. The molecule has 3 aromatic rings. The number of ether oxygens (including phenoxy) is 1. The number of nitrogens with zero attached hydrogens (tertiary/aromatic N) is 1. The van der Waals surface area contributed by atoms with Gasteiger partial charge in [0, 0.05) is 12.1 Å². The van der Waals surface area contributed by atoms with Gasteiger partial charge in [-0.1, -0.05) is 73.2 Å². The minimum absolute atomic E-state index is 0.354. The molecule has 200 valence electrons. The number of benzene rings is 3. The van der Waals surface area contributed by atoms with Crippen molar-refractivity contribution in [3.63, 3.8) is 0 Å². The fraction of sp³-hybridized carbons (Fsp3) is 0.364. The highest BCUT2D eigenvalue weighted by Crippen LogP contribution is 2.31. The number of aliphatic carboxylic acids is 1. The second-order valence-corrected chi connectivity index (χ2v) is 10.1. The number of hydrogen-bond donors (Lipinski definition) is 1. The van der Waals surface area contributed by atoms with Gasteiger partial charge in [0.15, 0.2) is 0 Å². The number of rotatable bonds is 11. The van der Waals surface area contributed by atoms with Crippen LogP contribution in [-0.4, -0.2) is 41.8 Å². The zero-order valence-electron chi connectivity index (χ0n) is 22.5. The molecule has 1 aliphatic heterocycles. The summed E-state index contributed by atoms with van der Waals surface area (Å²) in [5.74, 6) is -0.0157. The minimum atomic E-state index is -0.764. The molecule has 1 heterocycles. The lowest BCUT2D eigenvalue weighted by Crippen LogP contribution is -2.44. The molecule has 0 aliphatic carbocycles. The van der Waals surface area contributed by atoms with Crippen LogP contribution in [0.1, 0.15) is 59.9 Å². The lowest BCUT2D eigenvalue weighted by Gasteiger charge is -2.33. The molecule has 0 saturated carbocycles. The maximum absolute atomic E-state index is 12.6. The summed E-state index contributed by atoms with van der Waals surface area (Å²) in [6, 6.07) is 20.4. The molecule has 5 heteroatoms. The molecular weight excluding hydrogens is 477 g/mol. The van der Waals surface area contributed by atoms with Crippen LogP contribution in [-0.2, 0) is 11.3 Å². The van der Waals surface area contributed by atoms with Crippen molar-refractivity contribution >= 4 is 18.1 Å². The SMILES string of the molecule is Cc1cc(CN2CCCC[C@H]2C(=O)O)c(OCCCCF)cc1/C=C/c1cccc(-c2ccccc2)c1C. The minimum Gasteiger partial charge on any atom is -0.493 e. The molecule has 0 radical (unpaired) electrons. The molecule has 1 atom stereocenters. The van der Waals surface area contributed by atoms with Crippen molar-refractivity contribution < 1.29 is 19.0 Å². The number of piperidine rings is 1. The van der Waals surface area contributed by atoms with E-state index in [1.807, 2.05) is 17.0 Å². The van der Waals surface area contributed by atoms with Gasteiger partial charge in [0.2, 0.25) is 0 Å². The van der Waals surface area contributed by atoms with E-state index >= 15 is 0 Å². The van der Waals surface area contributed by atoms with Crippen LogP contribution in [0.5, 0.6) is 5.75 Å². The Morgan fingerprint density at radius 2 is 1.82 bits per heavy atom. The number of alkyl halides is 1. The van der Waals surface area contributed by atoms with Crippen LogP contribution in [0.4, 0.5) is 4.39 Å². The number of hydrogen-bond acceptors (Lipinski definition) is 3. The quantitative estimate of drug-likeness (QED) is 0.210. The molecule has 3 aromatic carbocycles. The largest absolute Gasteiger partial charge is 0.493 e. The van der Waals surface area contributed by atoms with E-state index in [1.54, 1.807) is 0 Å². The van der Waals surface area contributed by atoms with Gasteiger partial charge in [0.1, 0.15) is 11.8 Å². The molecule has 4 rings (SSSR count). The van der Waals surface area contributed by atoms with Crippen molar-refractivity contribution in [1.82, 2.24) is 4.90 Å². The van der Waals surface area contributed by atoms with E-state index in [1.165, 1.54) is 16.7 Å². The van der Waals surface area contributed by atoms with Crippen LogP contribution < -0.4 is 4.74 Å². The topological polar surface area (TPSA) is 49.8 Å². The van der Waals surface area contributed by atoms with Gasteiger partial charge in [-0.2, -0.15) is 0 Å². The van der Waals surface area contributed by atoms with Gasteiger partial charge in [-0.15, -0.1) is 0 Å². The highest BCUT2D eigenvalue weighted by atomic mass is 19.1. The molecule has 0 aromatic heterocycles. The fourth-order valence-corrected chi connectivity index (χ4v) is 5.20. The van der Waals surface area contributed by atoms with Crippen LogP contribution in [0.15, 0.2) is 60.7 Å². The van der Waals surface area contributed by atoms with E-state index in [0.717, 1.165) is 47.4 Å². The van der Waals surface area contributed by atoms with Crippen molar-refractivity contribution in [2.24, 2.45) is 0 Å². The van der Waals surface area contributed by atoms with Crippen molar-refractivity contribution in [2.45, 2.75) is 58.5 Å². The van der Waals surface area contributed by atoms with Gasteiger partial charge in [0.25, 0.3) is 0 Å². The Morgan fingerprint density at radius 1 is 1.03 bits per heavy atom. The number of aryl methyl sites for hydroxylation is 1. The molecule has 1 saturated heterocycles. The Balaban J connectivity index is 1.62. The van der Waals surface area contributed by atoms with Gasteiger partial charge in [0.05, 0.1) is 13.3 Å². The normalized spacial score (nSPS) is 16.1. The molecule has 0 unspecified atom stereocenters. The maximum Gasteiger partial charge on any atom is 0.320 e. The predicted octanol–water partition coefficient (Wildman–Crippen LogP) is 7.71. The molecular formula is C33H38FNO3. The Morgan fingerprint density at radius 3 is 2.58 bits per heavy atom. The first kappa shape index (κ1) is 27.6. The van der Waals surface area contributed by atoms with Crippen LogP contribution in [0.25, 0.3) is 23.3 Å². The molecule has 1 N–H and O–H groups in total. The van der Waals surface area contributed by atoms with Gasteiger partial charge < -0.3 is 9.84 Å². The Bertz CT molecular complexity index is 1250. The number of carbonyl (C=O) groups is 1. The Labute approximate surface area is 225 Å². The van der Waals surface area contributed by atoms with Gasteiger partial charge >= 0.3 is 5.97 Å². The maximum atomic E-state index is 12.6. The Kier molecular flexibility index (Phi) is 9.72. The first-order valence-corrected chi connectivity index (χ1v) is 13.6. The highest BCUT2D eigenvalue weighted by molar-refractivity contribution is 5.78. The van der Waals surface area contributed by atoms with E-state index in [9.17, 15) is 14.3 Å². The first-order chi connectivity index (χ1) is 18.5. The molecule has 38 heavy (non-hydrogen) atoms. The third kappa shape index (κ3) is 6.90. The predicted molar refractivity (Wildman–Crippen MR) is 153 cm³/mol. The third-order valence-corrected chi connectivity index (χ3v) is 7.41. The highest BCUT2D eigenvalue weighted by Gasteiger charge is 2.29. The number of halogens is 1. The van der Waals surface area contributed by atoms with E-state index in [-0.39, 0.29) is 6.67 Å². The van der Waals surface area contributed by atoms with E-state index in [4.69, 9.17) is 4.74 Å². The Hall–Kier alpha value is -3.44. The second-order valence-electron chi connectivity index (χ2n) is 10.1. The molecule has 0 bridgehead atoms. The standard InChI is InChI=1S/C33H38FNO3/c1-24-21-29(23-35-19-8-6-15-31(35)33(36)37)32(38-20-9-7-18-34)22-28(24)17-16-26-13-10-14-30(25(26)2)27-11-4-3-5-12-27/h3-5,10-14,16-17,21-22,31H,6-9,15,18-20,23H2,1-2H3,(H,36,37)/b17-16+/t31-/m0/s1. The second kappa shape index (κ2) is 13.4. The first-order valence-electron chi connectivity index (χ1n) is 13.6. The van der Waals surface area contributed by atoms with E-state index in [2.05, 4.69) is 74.5 Å². The van der Waals surface area contributed by atoms with Crippen LogP contribution >= 0.6 is 0 Å². The van der Waals surface area contributed by atoms with Gasteiger partial charge in [-0.05, 0) is 85.5 Å².